The molecule has 1 atom stereocenters. The lowest BCUT2D eigenvalue weighted by atomic mass is 9.84. The second kappa shape index (κ2) is 3.95. The van der Waals surface area contributed by atoms with Crippen LogP contribution in [0.3, 0.4) is 0 Å². The largest absolute Gasteiger partial charge is 0.307 e. The maximum Gasteiger partial charge on any atom is 0.137 e. The van der Waals surface area contributed by atoms with E-state index in [1.54, 1.807) is 0 Å². The maximum absolute atomic E-state index is 4.54. The van der Waals surface area contributed by atoms with Gasteiger partial charge < -0.3 is 4.40 Å². The van der Waals surface area contributed by atoms with Gasteiger partial charge in [0.15, 0.2) is 0 Å². The summed E-state index contributed by atoms with van der Waals surface area (Å²) < 4.78 is 2.02. The minimum Gasteiger partial charge on any atom is -0.307 e. The van der Waals surface area contributed by atoms with Gasteiger partial charge in [0.05, 0.1) is 5.69 Å². The fraction of sp³-hybridized carbons (Fsp3) is 0.375. The monoisotopic (exact) mass is 266 g/mol. The molecule has 1 aliphatic rings. The molecule has 3 aromatic rings. The highest BCUT2D eigenvalue weighted by Crippen LogP contribution is 2.42. The number of aromatic nitrogens is 4. The minimum atomic E-state index is 0.385. The van der Waals surface area contributed by atoms with Crippen LogP contribution in [0.25, 0.3) is 16.9 Å². The SMILES string of the molecule is CCC1(C)Cc2[nH]nc(-c3ccn4ccnc4c3)c2C1. The Morgan fingerprint density at radius 2 is 2.25 bits per heavy atom. The summed E-state index contributed by atoms with van der Waals surface area (Å²) in [7, 11) is 0. The van der Waals surface area contributed by atoms with Gasteiger partial charge in [0.1, 0.15) is 5.65 Å². The molecule has 4 nitrogen and oxygen atoms in total. The third-order valence-corrected chi connectivity index (χ3v) is 4.68. The Hall–Kier alpha value is -2.10. The topological polar surface area (TPSA) is 46.0 Å². The average molecular weight is 266 g/mol. The zero-order valence-corrected chi connectivity index (χ0v) is 11.8. The van der Waals surface area contributed by atoms with Gasteiger partial charge in [0.25, 0.3) is 0 Å². The Balaban J connectivity index is 1.81. The number of fused-ring (bicyclic) bond motifs is 2. The second-order valence-corrected chi connectivity index (χ2v) is 6.16. The van der Waals surface area contributed by atoms with Crippen molar-refractivity contribution in [2.24, 2.45) is 5.41 Å². The molecule has 1 N–H and O–H groups in total. The number of nitrogens with one attached hydrogen (secondary N) is 1. The number of pyridine rings is 1. The first kappa shape index (κ1) is 11.7. The fourth-order valence-electron chi connectivity index (χ4n) is 3.20. The summed E-state index contributed by atoms with van der Waals surface area (Å²) in [5.74, 6) is 0. The molecule has 3 aromatic heterocycles. The molecule has 102 valence electrons. The lowest BCUT2D eigenvalue weighted by molar-refractivity contribution is 0.329. The van der Waals surface area contributed by atoms with E-state index < -0.39 is 0 Å². The molecule has 0 amide bonds. The number of rotatable bonds is 2. The van der Waals surface area contributed by atoms with Gasteiger partial charge in [0.2, 0.25) is 0 Å². The molecule has 3 heterocycles. The number of imidazole rings is 1. The van der Waals surface area contributed by atoms with Gasteiger partial charge in [0, 0.05) is 35.4 Å². The Labute approximate surface area is 117 Å². The summed E-state index contributed by atoms with van der Waals surface area (Å²) in [4.78, 5) is 4.35. The Morgan fingerprint density at radius 1 is 1.35 bits per heavy atom. The summed E-state index contributed by atoms with van der Waals surface area (Å²) in [5.41, 5.74) is 6.31. The van der Waals surface area contributed by atoms with Crippen LogP contribution in [0.5, 0.6) is 0 Å². The molecule has 0 aromatic carbocycles. The van der Waals surface area contributed by atoms with Crippen LogP contribution in [-0.4, -0.2) is 19.6 Å². The zero-order valence-electron chi connectivity index (χ0n) is 11.8. The molecule has 0 aliphatic heterocycles. The van der Waals surface area contributed by atoms with Crippen molar-refractivity contribution in [3.8, 4) is 11.3 Å². The summed E-state index contributed by atoms with van der Waals surface area (Å²) in [6.45, 7) is 4.64. The molecule has 0 saturated heterocycles. The third-order valence-electron chi connectivity index (χ3n) is 4.68. The number of hydrogen-bond donors (Lipinski definition) is 1. The molecule has 4 heteroatoms. The van der Waals surface area contributed by atoms with Crippen LogP contribution in [0.4, 0.5) is 0 Å². The van der Waals surface area contributed by atoms with E-state index in [-0.39, 0.29) is 0 Å². The Morgan fingerprint density at radius 3 is 3.10 bits per heavy atom. The molecule has 20 heavy (non-hydrogen) atoms. The van der Waals surface area contributed by atoms with E-state index >= 15 is 0 Å². The van der Waals surface area contributed by atoms with Gasteiger partial charge in [-0.25, -0.2) is 4.98 Å². The molecular weight excluding hydrogens is 248 g/mol. The van der Waals surface area contributed by atoms with Gasteiger partial charge in [-0.2, -0.15) is 5.10 Å². The minimum absolute atomic E-state index is 0.385. The number of nitrogens with zero attached hydrogens (tertiary/aromatic N) is 3. The first-order chi connectivity index (χ1) is 9.68. The normalized spacial score (nSPS) is 21.5. The predicted octanol–water partition coefficient (Wildman–Crippen LogP) is 3.24. The molecule has 0 fully saturated rings. The van der Waals surface area contributed by atoms with Gasteiger partial charge in [-0.05, 0) is 30.4 Å². The molecule has 0 saturated carbocycles. The van der Waals surface area contributed by atoms with E-state index in [9.17, 15) is 0 Å². The van der Waals surface area contributed by atoms with Crippen LogP contribution in [0.15, 0.2) is 30.7 Å². The standard InChI is InChI=1S/C16H18N4/c1-3-16(2)9-12-13(10-16)18-19-15(12)11-4-6-20-7-5-17-14(20)8-11/h4-8H,3,9-10H2,1-2H3,(H,18,19). The first-order valence-corrected chi connectivity index (χ1v) is 7.18. The van der Waals surface area contributed by atoms with Gasteiger partial charge >= 0.3 is 0 Å². The van der Waals surface area contributed by atoms with Crippen LogP contribution in [0.1, 0.15) is 31.5 Å². The first-order valence-electron chi connectivity index (χ1n) is 7.18. The van der Waals surface area contributed by atoms with Gasteiger partial charge in [-0.3, -0.25) is 5.10 Å². The molecule has 4 rings (SSSR count). The summed E-state index contributed by atoms with van der Waals surface area (Å²) in [6.07, 6.45) is 9.26. The molecule has 1 aliphatic carbocycles. The second-order valence-electron chi connectivity index (χ2n) is 6.16. The van der Waals surface area contributed by atoms with Crippen molar-refractivity contribution in [1.82, 2.24) is 19.6 Å². The van der Waals surface area contributed by atoms with Crippen molar-refractivity contribution in [3.05, 3.63) is 42.0 Å². The van der Waals surface area contributed by atoms with Crippen molar-refractivity contribution in [2.75, 3.05) is 0 Å². The lowest BCUT2D eigenvalue weighted by Gasteiger charge is -2.20. The molecule has 0 radical (unpaired) electrons. The quantitative estimate of drug-likeness (QED) is 0.774. The Bertz CT molecular complexity index is 783. The maximum atomic E-state index is 4.54. The van der Waals surface area contributed by atoms with E-state index in [0.29, 0.717) is 5.41 Å². The average Bonchev–Trinajstić information content (AvgIpc) is 3.11. The van der Waals surface area contributed by atoms with Crippen molar-refractivity contribution < 1.29 is 0 Å². The van der Waals surface area contributed by atoms with E-state index in [1.165, 1.54) is 17.7 Å². The fourth-order valence-corrected chi connectivity index (χ4v) is 3.20. The van der Waals surface area contributed by atoms with E-state index in [1.807, 2.05) is 23.0 Å². The number of hydrogen-bond acceptors (Lipinski definition) is 2. The highest BCUT2D eigenvalue weighted by atomic mass is 15.1. The van der Waals surface area contributed by atoms with Crippen molar-refractivity contribution in [1.29, 1.82) is 0 Å². The van der Waals surface area contributed by atoms with Crippen LogP contribution in [0.2, 0.25) is 0 Å². The molecule has 1 unspecified atom stereocenters. The molecule has 0 spiro atoms. The highest BCUT2D eigenvalue weighted by molar-refractivity contribution is 5.68. The van der Waals surface area contributed by atoms with Crippen molar-refractivity contribution >= 4 is 5.65 Å². The van der Waals surface area contributed by atoms with Crippen molar-refractivity contribution in [3.63, 3.8) is 0 Å². The molecular formula is C16H18N4. The summed E-state index contributed by atoms with van der Waals surface area (Å²) in [5, 5.41) is 7.78. The van der Waals surface area contributed by atoms with Crippen LogP contribution in [0, 0.1) is 5.41 Å². The van der Waals surface area contributed by atoms with Crippen LogP contribution in [-0.2, 0) is 12.8 Å². The Kier molecular flexibility index (Phi) is 2.31. The predicted molar refractivity (Wildman–Crippen MR) is 78.6 cm³/mol. The smallest absolute Gasteiger partial charge is 0.137 e. The van der Waals surface area contributed by atoms with E-state index in [2.05, 4.69) is 41.2 Å². The van der Waals surface area contributed by atoms with E-state index in [4.69, 9.17) is 0 Å². The highest BCUT2D eigenvalue weighted by Gasteiger charge is 2.35. The lowest BCUT2D eigenvalue weighted by Crippen LogP contribution is -2.15. The van der Waals surface area contributed by atoms with E-state index in [0.717, 1.165) is 29.7 Å². The third kappa shape index (κ3) is 1.60. The zero-order chi connectivity index (χ0) is 13.7. The van der Waals surface area contributed by atoms with Gasteiger partial charge in [-0.1, -0.05) is 20.3 Å². The summed E-state index contributed by atoms with van der Waals surface area (Å²) >= 11 is 0. The van der Waals surface area contributed by atoms with Crippen LogP contribution >= 0.6 is 0 Å². The summed E-state index contributed by atoms with van der Waals surface area (Å²) in [6, 6.07) is 4.23. The van der Waals surface area contributed by atoms with Crippen molar-refractivity contribution in [2.45, 2.75) is 33.1 Å². The van der Waals surface area contributed by atoms with Gasteiger partial charge in [-0.15, -0.1) is 0 Å². The number of aromatic amines is 1. The number of H-pyrrole nitrogens is 1. The van der Waals surface area contributed by atoms with Crippen LogP contribution < -0.4 is 0 Å². The molecule has 0 bridgehead atoms.